The highest BCUT2D eigenvalue weighted by Gasteiger charge is 2.33. The van der Waals surface area contributed by atoms with E-state index in [0.29, 0.717) is 0 Å². The molecule has 0 aromatic heterocycles. The zero-order chi connectivity index (χ0) is 17.9. The van der Waals surface area contributed by atoms with Crippen molar-refractivity contribution in [1.29, 1.82) is 0 Å². The summed E-state index contributed by atoms with van der Waals surface area (Å²) >= 11 is 5.72. The minimum absolute atomic E-state index is 0.727. The van der Waals surface area contributed by atoms with Crippen molar-refractivity contribution in [2.45, 2.75) is 116 Å². The molecule has 0 rings (SSSR count). The minimum Gasteiger partial charge on any atom is -0.413 e. The molecule has 0 aromatic rings. The second-order valence-corrected chi connectivity index (χ2v) is 11.7. The Morgan fingerprint density at radius 2 is 1.08 bits per heavy atom. The molecule has 24 heavy (non-hydrogen) atoms. The lowest BCUT2D eigenvalue weighted by atomic mass is 10.2. The highest BCUT2D eigenvalue weighted by Crippen LogP contribution is 2.31. The van der Waals surface area contributed by atoms with Gasteiger partial charge in [0.1, 0.15) is 0 Å². The molecule has 0 aliphatic heterocycles. The quantitative estimate of drug-likeness (QED) is 0.173. The molecular formula is C21H43ClOSi. The fourth-order valence-corrected chi connectivity index (χ4v) is 7.86. The largest absolute Gasteiger partial charge is 0.413 e. The zero-order valence-corrected chi connectivity index (χ0v) is 18.5. The lowest BCUT2D eigenvalue weighted by molar-refractivity contribution is 0.334. The number of unbranched alkanes of at least 4 members (excludes halogenated alkanes) is 9. The van der Waals surface area contributed by atoms with E-state index >= 15 is 0 Å². The van der Waals surface area contributed by atoms with E-state index in [-0.39, 0.29) is 0 Å². The van der Waals surface area contributed by atoms with Crippen LogP contribution in [0, 0.1) is 0 Å². The second-order valence-electron chi connectivity index (χ2n) is 7.29. The highest BCUT2D eigenvalue weighted by molar-refractivity contribution is 6.73. The van der Waals surface area contributed by atoms with Gasteiger partial charge in [-0.3, -0.25) is 0 Å². The molecule has 1 nitrogen and oxygen atoms in total. The predicted molar refractivity (Wildman–Crippen MR) is 114 cm³/mol. The van der Waals surface area contributed by atoms with Gasteiger partial charge in [-0.2, -0.15) is 0 Å². The third-order valence-electron chi connectivity index (χ3n) is 5.03. The SMILES string of the molecule is CCCCCC[Si](CCCCCC)(CCCCCC)OC/C=C/Cl. The van der Waals surface area contributed by atoms with Gasteiger partial charge >= 0.3 is 0 Å². The number of hydrogen-bond donors (Lipinski definition) is 0. The smallest absolute Gasteiger partial charge is 0.193 e. The van der Waals surface area contributed by atoms with Gasteiger partial charge < -0.3 is 4.43 Å². The first-order valence-corrected chi connectivity index (χ1v) is 13.6. The van der Waals surface area contributed by atoms with Crippen molar-refractivity contribution in [3.05, 3.63) is 11.6 Å². The Bertz CT molecular complexity index is 250. The van der Waals surface area contributed by atoms with E-state index in [9.17, 15) is 0 Å². The second kappa shape index (κ2) is 18.0. The van der Waals surface area contributed by atoms with Crippen LogP contribution in [0.5, 0.6) is 0 Å². The van der Waals surface area contributed by atoms with Crippen LogP contribution in [0.15, 0.2) is 11.6 Å². The van der Waals surface area contributed by atoms with E-state index in [2.05, 4.69) is 20.8 Å². The topological polar surface area (TPSA) is 9.23 Å². The molecule has 3 heteroatoms. The minimum atomic E-state index is -1.59. The maximum absolute atomic E-state index is 6.58. The molecule has 0 N–H and O–H groups in total. The van der Waals surface area contributed by atoms with E-state index < -0.39 is 8.32 Å². The molecule has 0 spiro atoms. The first kappa shape index (κ1) is 24.2. The summed E-state index contributed by atoms with van der Waals surface area (Å²) in [4.78, 5) is 0. The Morgan fingerprint density at radius 3 is 1.42 bits per heavy atom. The summed E-state index contributed by atoms with van der Waals surface area (Å²) in [5.74, 6) is 0. The molecule has 0 aromatic carbocycles. The molecule has 0 aliphatic carbocycles. The van der Waals surface area contributed by atoms with Crippen LogP contribution in [-0.2, 0) is 4.43 Å². The maximum atomic E-state index is 6.58. The van der Waals surface area contributed by atoms with Gasteiger partial charge in [-0.25, -0.2) is 0 Å². The third-order valence-corrected chi connectivity index (χ3v) is 9.78. The Hall–Kier alpha value is 0.207. The Balaban J connectivity index is 4.64. The molecule has 0 amide bonds. The van der Waals surface area contributed by atoms with Crippen molar-refractivity contribution in [3.63, 3.8) is 0 Å². The van der Waals surface area contributed by atoms with E-state index in [0.717, 1.165) is 6.61 Å². The van der Waals surface area contributed by atoms with Crippen molar-refractivity contribution < 1.29 is 4.43 Å². The average molecular weight is 375 g/mol. The average Bonchev–Trinajstić information content (AvgIpc) is 2.60. The molecule has 0 atom stereocenters. The van der Waals surface area contributed by atoms with Crippen LogP contribution in [0.25, 0.3) is 0 Å². The molecular weight excluding hydrogens is 332 g/mol. The van der Waals surface area contributed by atoms with Crippen molar-refractivity contribution in [1.82, 2.24) is 0 Å². The van der Waals surface area contributed by atoms with Crippen molar-refractivity contribution >= 4 is 19.9 Å². The van der Waals surface area contributed by atoms with Crippen molar-refractivity contribution in [2.75, 3.05) is 6.61 Å². The third kappa shape index (κ3) is 13.5. The van der Waals surface area contributed by atoms with Crippen LogP contribution in [0.3, 0.4) is 0 Å². The zero-order valence-electron chi connectivity index (χ0n) is 16.8. The molecule has 0 fully saturated rings. The molecule has 0 aliphatic rings. The van der Waals surface area contributed by atoms with Crippen LogP contribution >= 0.6 is 11.6 Å². The van der Waals surface area contributed by atoms with Crippen LogP contribution < -0.4 is 0 Å². The molecule has 0 saturated heterocycles. The van der Waals surface area contributed by atoms with Gasteiger partial charge in [-0.1, -0.05) is 109 Å². The van der Waals surface area contributed by atoms with Crippen LogP contribution in [0.2, 0.25) is 18.1 Å². The van der Waals surface area contributed by atoms with E-state index in [4.69, 9.17) is 16.0 Å². The maximum Gasteiger partial charge on any atom is 0.193 e. The van der Waals surface area contributed by atoms with Crippen LogP contribution in [-0.4, -0.2) is 14.9 Å². The van der Waals surface area contributed by atoms with Gasteiger partial charge in [-0.05, 0) is 24.2 Å². The summed E-state index contributed by atoms with van der Waals surface area (Å²) in [6, 6.07) is 4.09. The molecule has 0 heterocycles. The monoisotopic (exact) mass is 374 g/mol. The van der Waals surface area contributed by atoms with E-state index in [1.807, 2.05) is 6.08 Å². The Labute approximate surface area is 158 Å². The predicted octanol–water partition coefficient (Wildman–Crippen LogP) is 8.44. The normalized spacial score (nSPS) is 12.3. The summed E-state index contributed by atoms with van der Waals surface area (Å²) in [5.41, 5.74) is 1.62. The Kier molecular flexibility index (Phi) is 18.2. The van der Waals surface area contributed by atoms with Gasteiger partial charge in [0.05, 0.1) is 6.61 Å². The fourth-order valence-electron chi connectivity index (χ4n) is 3.47. The van der Waals surface area contributed by atoms with Gasteiger partial charge in [0.25, 0.3) is 0 Å². The van der Waals surface area contributed by atoms with Gasteiger partial charge in [0.15, 0.2) is 8.32 Å². The van der Waals surface area contributed by atoms with E-state index in [1.165, 1.54) is 95.2 Å². The van der Waals surface area contributed by atoms with E-state index in [1.54, 1.807) is 5.54 Å². The lowest BCUT2D eigenvalue weighted by Gasteiger charge is -2.32. The van der Waals surface area contributed by atoms with Crippen molar-refractivity contribution in [3.8, 4) is 0 Å². The summed E-state index contributed by atoms with van der Waals surface area (Å²) in [6.45, 7) is 7.61. The molecule has 0 unspecified atom stereocenters. The lowest BCUT2D eigenvalue weighted by Crippen LogP contribution is -2.38. The fraction of sp³-hybridized carbons (Fsp3) is 0.905. The molecule has 0 bridgehead atoms. The molecule has 0 radical (unpaired) electrons. The van der Waals surface area contributed by atoms with Gasteiger partial charge in [-0.15, -0.1) is 0 Å². The van der Waals surface area contributed by atoms with Gasteiger partial charge in [0.2, 0.25) is 0 Å². The van der Waals surface area contributed by atoms with Gasteiger partial charge in [0, 0.05) is 5.54 Å². The standard InChI is InChI=1S/C21H43ClOSi/c1-4-7-10-13-19-24(23-18-16-17-22,20-14-11-8-5-2)21-15-12-9-6-3/h16-17H,4-15,18-21H2,1-3H3/b17-16+. The molecule has 0 saturated carbocycles. The summed E-state index contributed by atoms with van der Waals surface area (Å²) in [6.07, 6.45) is 18.3. The summed E-state index contributed by atoms with van der Waals surface area (Å²) < 4.78 is 6.58. The highest BCUT2D eigenvalue weighted by atomic mass is 35.5. The Morgan fingerprint density at radius 1 is 0.667 bits per heavy atom. The molecule has 144 valence electrons. The number of hydrogen-bond acceptors (Lipinski definition) is 1. The van der Waals surface area contributed by atoms with Crippen LogP contribution in [0.1, 0.15) is 97.8 Å². The first-order valence-electron chi connectivity index (χ1n) is 10.6. The first-order chi connectivity index (χ1) is 11.7. The number of rotatable bonds is 18. The van der Waals surface area contributed by atoms with Crippen LogP contribution in [0.4, 0.5) is 0 Å². The summed E-state index contributed by atoms with van der Waals surface area (Å²) in [5, 5.41) is 0. The van der Waals surface area contributed by atoms with Crippen molar-refractivity contribution in [2.24, 2.45) is 0 Å². The number of halogens is 1. The summed E-state index contributed by atoms with van der Waals surface area (Å²) in [7, 11) is -1.59.